The van der Waals surface area contributed by atoms with E-state index in [9.17, 15) is 0 Å². The average Bonchev–Trinajstić information content (AvgIpc) is 2.64. The number of nitrogens with one attached hydrogen (secondary N) is 1. The zero-order chi connectivity index (χ0) is 17.6. The van der Waals surface area contributed by atoms with E-state index in [-0.39, 0.29) is 0 Å². The lowest BCUT2D eigenvalue weighted by atomic mass is 10.1. The van der Waals surface area contributed by atoms with Gasteiger partial charge in [-0.1, -0.05) is 42.5 Å². The van der Waals surface area contributed by atoms with Gasteiger partial charge < -0.3 is 10.2 Å². The van der Waals surface area contributed by atoms with Gasteiger partial charge in [-0.15, -0.1) is 5.10 Å². The van der Waals surface area contributed by atoms with Gasteiger partial charge in [-0.05, 0) is 43.5 Å². The molecule has 0 radical (unpaired) electrons. The van der Waals surface area contributed by atoms with E-state index in [2.05, 4.69) is 76.5 Å². The zero-order valence-corrected chi connectivity index (χ0v) is 14.9. The number of aromatic nitrogens is 3. The third kappa shape index (κ3) is 4.32. The quantitative estimate of drug-likeness (QED) is 0.730. The summed E-state index contributed by atoms with van der Waals surface area (Å²) >= 11 is 0. The monoisotopic (exact) mass is 333 g/mol. The third-order valence-corrected chi connectivity index (χ3v) is 4.08. The van der Waals surface area contributed by atoms with Crippen molar-refractivity contribution >= 4 is 17.5 Å². The van der Waals surface area contributed by atoms with E-state index >= 15 is 0 Å². The summed E-state index contributed by atoms with van der Waals surface area (Å²) in [5.74, 6) is 1.33. The second-order valence-corrected chi connectivity index (χ2v) is 6.08. The van der Waals surface area contributed by atoms with Crippen molar-refractivity contribution in [2.24, 2.45) is 0 Å². The van der Waals surface area contributed by atoms with Crippen molar-refractivity contribution in [1.29, 1.82) is 0 Å². The maximum absolute atomic E-state index is 4.65. The normalized spacial score (nSPS) is 10.5. The first-order valence-electron chi connectivity index (χ1n) is 8.48. The molecule has 0 fully saturated rings. The maximum atomic E-state index is 4.65. The van der Waals surface area contributed by atoms with E-state index in [1.165, 1.54) is 16.7 Å². The summed E-state index contributed by atoms with van der Waals surface area (Å²) in [4.78, 5) is 6.76. The molecule has 1 heterocycles. The first-order chi connectivity index (χ1) is 12.2. The molecule has 3 aromatic rings. The summed E-state index contributed by atoms with van der Waals surface area (Å²) in [6.45, 7) is 7.81. The molecule has 0 amide bonds. The minimum atomic E-state index is 0.627. The first kappa shape index (κ1) is 16.9. The number of aryl methyl sites for hydroxylation is 2. The van der Waals surface area contributed by atoms with Crippen LogP contribution in [-0.4, -0.2) is 21.7 Å². The van der Waals surface area contributed by atoms with Gasteiger partial charge in [0.1, 0.15) is 0 Å². The fraction of sp³-hybridized carbons (Fsp3) is 0.250. The Balaban J connectivity index is 1.81. The highest BCUT2D eigenvalue weighted by molar-refractivity contribution is 5.61. The van der Waals surface area contributed by atoms with Crippen LogP contribution in [0.2, 0.25) is 0 Å². The molecule has 0 unspecified atom stereocenters. The minimum Gasteiger partial charge on any atom is -0.339 e. The summed E-state index contributed by atoms with van der Waals surface area (Å²) in [6.07, 6.45) is 1.65. The van der Waals surface area contributed by atoms with Crippen LogP contribution in [0.4, 0.5) is 17.5 Å². The molecule has 0 spiro atoms. The summed E-state index contributed by atoms with van der Waals surface area (Å²) in [5.41, 5.74) is 4.63. The average molecular weight is 333 g/mol. The molecule has 1 aromatic heterocycles. The van der Waals surface area contributed by atoms with Gasteiger partial charge in [0, 0.05) is 18.8 Å². The number of benzene rings is 2. The Labute approximate surface area is 148 Å². The highest BCUT2D eigenvalue weighted by Gasteiger charge is 2.10. The fourth-order valence-electron chi connectivity index (χ4n) is 2.62. The molecule has 25 heavy (non-hydrogen) atoms. The van der Waals surface area contributed by atoms with Gasteiger partial charge in [-0.25, -0.2) is 0 Å². The molecule has 5 nitrogen and oxygen atoms in total. The van der Waals surface area contributed by atoms with Gasteiger partial charge in [0.2, 0.25) is 5.95 Å². The van der Waals surface area contributed by atoms with Crippen molar-refractivity contribution in [2.75, 3.05) is 16.8 Å². The van der Waals surface area contributed by atoms with E-state index in [0.717, 1.165) is 18.8 Å². The van der Waals surface area contributed by atoms with Crippen molar-refractivity contribution in [3.05, 3.63) is 71.4 Å². The van der Waals surface area contributed by atoms with E-state index in [4.69, 9.17) is 0 Å². The number of anilines is 3. The predicted molar refractivity (Wildman–Crippen MR) is 102 cm³/mol. The SMILES string of the molecule is CCN(Cc1ccccc1)c1nncc(Nc2cc(C)ccc2C)n1. The van der Waals surface area contributed by atoms with Gasteiger partial charge in [-0.2, -0.15) is 10.1 Å². The van der Waals surface area contributed by atoms with Crippen molar-refractivity contribution in [3.8, 4) is 0 Å². The largest absolute Gasteiger partial charge is 0.339 e. The van der Waals surface area contributed by atoms with Gasteiger partial charge in [-0.3, -0.25) is 0 Å². The molecule has 0 aliphatic carbocycles. The van der Waals surface area contributed by atoms with Gasteiger partial charge in [0.05, 0.1) is 6.20 Å². The molecular formula is C20H23N5. The second kappa shape index (κ2) is 7.75. The summed E-state index contributed by atoms with van der Waals surface area (Å²) < 4.78 is 0. The highest BCUT2D eigenvalue weighted by Crippen LogP contribution is 2.21. The van der Waals surface area contributed by atoms with E-state index in [0.29, 0.717) is 11.8 Å². The van der Waals surface area contributed by atoms with Crippen LogP contribution >= 0.6 is 0 Å². The van der Waals surface area contributed by atoms with Crippen LogP contribution in [0.5, 0.6) is 0 Å². The topological polar surface area (TPSA) is 53.9 Å². The smallest absolute Gasteiger partial charge is 0.247 e. The van der Waals surface area contributed by atoms with Crippen molar-refractivity contribution < 1.29 is 0 Å². The number of rotatable bonds is 6. The van der Waals surface area contributed by atoms with Crippen molar-refractivity contribution in [1.82, 2.24) is 15.2 Å². The summed E-state index contributed by atoms with van der Waals surface area (Å²) in [6, 6.07) is 16.6. The Kier molecular flexibility index (Phi) is 5.23. The molecular weight excluding hydrogens is 310 g/mol. The molecule has 0 saturated carbocycles. The Morgan fingerprint density at radius 3 is 2.60 bits per heavy atom. The van der Waals surface area contributed by atoms with E-state index < -0.39 is 0 Å². The van der Waals surface area contributed by atoms with Crippen molar-refractivity contribution in [2.45, 2.75) is 27.3 Å². The molecule has 0 bridgehead atoms. The molecule has 3 rings (SSSR count). The standard InChI is InChI=1S/C20H23N5/c1-4-25(14-17-8-6-5-7-9-17)20-23-19(13-21-24-20)22-18-12-15(2)10-11-16(18)3/h5-13H,4,14H2,1-3H3,(H,22,23,24). The van der Waals surface area contributed by atoms with Crippen LogP contribution < -0.4 is 10.2 Å². The number of hydrogen-bond donors (Lipinski definition) is 1. The molecule has 0 aliphatic heterocycles. The summed E-state index contributed by atoms with van der Waals surface area (Å²) in [7, 11) is 0. The predicted octanol–water partition coefficient (Wildman–Crippen LogP) is 4.26. The fourth-order valence-corrected chi connectivity index (χ4v) is 2.62. The van der Waals surface area contributed by atoms with E-state index in [1.54, 1.807) is 6.20 Å². The van der Waals surface area contributed by atoms with Crippen LogP contribution in [0.25, 0.3) is 0 Å². The van der Waals surface area contributed by atoms with Crippen LogP contribution in [0.1, 0.15) is 23.6 Å². The maximum Gasteiger partial charge on any atom is 0.247 e. The number of hydrogen-bond acceptors (Lipinski definition) is 5. The zero-order valence-electron chi connectivity index (χ0n) is 14.9. The molecule has 0 aliphatic rings. The van der Waals surface area contributed by atoms with Crippen LogP contribution in [-0.2, 0) is 6.54 Å². The molecule has 128 valence electrons. The highest BCUT2D eigenvalue weighted by atomic mass is 15.3. The Morgan fingerprint density at radius 2 is 1.84 bits per heavy atom. The summed E-state index contributed by atoms with van der Waals surface area (Å²) in [5, 5.41) is 11.7. The van der Waals surface area contributed by atoms with Crippen LogP contribution in [0.15, 0.2) is 54.7 Å². The molecule has 1 N–H and O–H groups in total. The lowest BCUT2D eigenvalue weighted by molar-refractivity contribution is 0.771. The van der Waals surface area contributed by atoms with Crippen molar-refractivity contribution in [3.63, 3.8) is 0 Å². The Bertz CT molecular complexity index is 832. The minimum absolute atomic E-state index is 0.627. The van der Waals surface area contributed by atoms with Gasteiger partial charge in [0.15, 0.2) is 5.82 Å². The Morgan fingerprint density at radius 1 is 1.04 bits per heavy atom. The first-order valence-corrected chi connectivity index (χ1v) is 8.48. The lowest BCUT2D eigenvalue weighted by Gasteiger charge is -2.21. The molecule has 2 aromatic carbocycles. The number of nitrogens with zero attached hydrogens (tertiary/aromatic N) is 4. The van der Waals surface area contributed by atoms with E-state index in [1.807, 2.05) is 18.2 Å². The van der Waals surface area contributed by atoms with Gasteiger partial charge >= 0.3 is 0 Å². The third-order valence-electron chi connectivity index (χ3n) is 4.08. The molecule has 0 atom stereocenters. The molecule has 0 saturated heterocycles. The Hall–Kier alpha value is -2.95. The second-order valence-electron chi connectivity index (χ2n) is 6.08. The lowest BCUT2D eigenvalue weighted by Crippen LogP contribution is -2.24. The molecule has 5 heteroatoms. The van der Waals surface area contributed by atoms with Crippen LogP contribution in [0, 0.1) is 13.8 Å². The van der Waals surface area contributed by atoms with Crippen LogP contribution in [0.3, 0.4) is 0 Å². The van der Waals surface area contributed by atoms with Gasteiger partial charge in [0.25, 0.3) is 0 Å².